The molecule has 14 heavy (non-hydrogen) atoms. The molecule has 0 radical (unpaired) electrons. The van der Waals surface area contributed by atoms with Gasteiger partial charge in [-0.25, -0.2) is 0 Å². The number of nitrogens with one attached hydrogen (secondary N) is 1. The van der Waals surface area contributed by atoms with Crippen LogP contribution in [0.25, 0.3) is 0 Å². The van der Waals surface area contributed by atoms with Crippen LogP contribution >= 0.6 is 11.3 Å². The first-order chi connectivity index (χ1) is 6.76. The fraction of sp³-hybridized carbons (Fsp3) is 0.364. The average Bonchev–Trinajstić information content (AvgIpc) is 2.63. The summed E-state index contributed by atoms with van der Waals surface area (Å²) in [5, 5.41) is 11.9. The van der Waals surface area contributed by atoms with Gasteiger partial charge in [0, 0.05) is 23.9 Å². The van der Waals surface area contributed by atoms with E-state index in [-0.39, 0.29) is 0 Å². The van der Waals surface area contributed by atoms with E-state index in [0.29, 0.717) is 6.04 Å². The third-order valence-corrected chi connectivity index (χ3v) is 2.81. The zero-order chi connectivity index (χ0) is 10.4. The van der Waals surface area contributed by atoms with Crippen molar-refractivity contribution in [3.8, 4) is 18.4 Å². The molecule has 0 amide bonds. The van der Waals surface area contributed by atoms with Crippen LogP contribution in [-0.4, -0.2) is 6.04 Å². The van der Waals surface area contributed by atoms with Crippen molar-refractivity contribution in [2.45, 2.75) is 25.9 Å². The minimum absolute atomic E-state index is 0.327. The van der Waals surface area contributed by atoms with Gasteiger partial charge in [-0.15, -0.1) is 23.7 Å². The van der Waals surface area contributed by atoms with Gasteiger partial charge in [0.05, 0.1) is 0 Å². The lowest BCUT2D eigenvalue weighted by molar-refractivity contribution is 0.563. The van der Waals surface area contributed by atoms with Gasteiger partial charge in [0.15, 0.2) is 0 Å². The number of thiophene rings is 1. The van der Waals surface area contributed by atoms with Crippen molar-refractivity contribution in [2.75, 3.05) is 0 Å². The summed E-state index contributed by atoms with van der Waals surface area (Å²) in [6.45, 7) is 2.84. The molecule has 1 aromatic rings. The van der Waals surface area contributed by atoms with Crippen molar-refractivity contribution in [1.29, 1.82) is 5.26 Å². The predicted molar refractivity (Wildman–Crippen MR) is 58.8 cm³/mol. The van der Waals surface area contributed by atoms with Crippen molar-refractivity contribution in [1.82, 2.24) is 5.32 Å². The van der Waals surface area contributed by atoms with Crippen LogP contribution in [0.3, 0.4) is 0 Å². The van der Waals surface area contributed by atoms with Gasteiger partial charge >= 0.3 is 0 Å². The summed E-state index contributed by atoms with van der Waals surface area (Å²) in [6.07, 6.45) is 5.93. The van der Waals surface area contributed by atoms with E-state index >= 15 is 0 Å². The Balaban J connectivity index is 2.39. The second-order valence-corrected chi connectivity index (χ2v) is 4.24. The highest BCUT2D eigenvalue weighted by Gasteiger charge is 2.01. The van der Waals surface area contributed by atoms with Crippen LogP contribution in [0.1, 0.15) is 23.1 Å². The Morgan fingerprint density at radius 2 is 2.43 bits per heavy atom. The lowest BCUT2D eigenvalue weighted by atomic mass is 10.2. The van der Waals surface area contributed by atoms with Crippen LogP contribution in [0.5, 0.6) is 0 Å². The third kappa shape index (κ3) is 3.22. The zero-order valence-corrected chi connectivity index (χ0v) is 8.90. The van der Waals surface area contributed by atoms with Gasteiger partial charge in [-0.2, -0.15) is 5.26 Å². The van der Waals surface area contributed by atoms with Crippen molar-refractivity contribution in [3.05, 3.63) is 21.9 Å². The van der Waals surface area contributed by atoms with Crippen LogP contribution in [-0.2, 0) is 6.54 Å². The molecule has 0 bridgehead atoms. The Labute approximate surface area is 88.6 Å². The minimum atomic E-state index is 0.327. The van der Waals surface area contributed by atoms with E-state index in [1.165, 1.54) is 16.2 Å². The highest BCUT2D eigenvalue weighted by Crippen LogP contribution is 2.14. The second-order valence-electron chi connectivity index (χ2n) is 3.07. The molecule has 1 heterocycles. The molecule has 1 rings (SSSR count). The summed E-state index contributed by atoms with van der Waals surface area (Å²) in [5.41, 5.74) is 0. The van der Waals surface area contributed by atoms with E-state index in [0.717, 1.165) is 17.8 Å². The van der Waals surface area contributed by atoms with Gasteiger partial charge in [-0.1, -0.05) is 0 Å². The lowest BCUT2D eigenvalue weighted by Crippen LogP contribution is -2.24. The van der Waals surface area contributed by atoms with Crippen LogP contribution < -0.4 is 5.32 Å². The molecule has 2 nitrogen and oxygen atoms in total. The first kappa shape index (κ1) is 10.8. The van der Waals surface area contributed by atoms with Gasteiger partial charge in [-0.3, -0.25) is 0 Å². The molecule has 0 fully saturated rings. The van der Waals surface area contributed by atoms with Crippen LogP contribution in [0.15, 0.2) is 12.1 Å². The smallest absolute Gasteiger partial charge is 0.110 e. The Morgan fingerprint density at radius 3 is 3.00 bits per heavy atom. The zero-order valence-electron chi connectivity index (χ0n) is 8.08. The molecule has 1 aromatic heterocycles. The normalized spacial score (nSPS) is 11.6. The molecule has 72 valence electrons. The van der Waals surface area contributed by atoms with Crippen LogP contribution in [0.4, 0.5) is 0 Å². The summed E-state index contributed by atoms with van der Waals surface area (Å²) in [6, 6.07) is 6.26. The van der Waals surface area contributed by atoms with E-state index in [1.807, 2.05) is 12.1 Å². The standard InChI is InChI=1S/C11H12N2S/c1-3-4-9(2)13-8-11-6-5-10(7-12)14-11/h1,5-6,9,13H,4,8H2,2H3. The highest BCUT2D eigenvalue weighted by atomic mass is 32.1. The average molecular weight is 204 g/mol. The molecular weight excluding hydrogens is 192 g/mol. The summed E-state index contributed by atoms with van der Waals surface area (Å²) < 4.78 is 0. The summed E-state index contributed by atoms with van der Waals surface area (Å²) in [5.74, 6) is 2.61. The maximum atomic E-state index is 8.63. The minimum Gasteiger partial charge on any atom is -0.308 e. The Bertz CT molecular complexity index is 367. The lowest BCUT2D eigenvalue weighted by Gasteiger charge is -2.08. The van der Waals surface area contributed by atoms with Crippen LogP contribution in [0, 0.1) is 23.7 Å². The molecule has 0 saturated carbocycles. The van der Waals surface area contributed by atoms with E-state index in [1.54, 1.807) is 0 Å². The van der Waals surface area contributed by atoms with Crippen LogP contribution in [0.2, 0.25) is 0 Å². The Kier molecular flexibility index (Phi) is 4.19. The topological polar surface area (TPSA) is 35.8 Å². The fourth-order valence-electron chi connectivity index (χ4n) is 1.06. The van der Waals surface area contributed by atoms with Crippen molar-refractivity contribution >= 4 is 11.3 Å². The molecular formula is C11H12N2S. The largest absolute Gasteiger partial charge is 0.308 e. The molecule has 1 atom stereocenters. The molecule has 0 aliphatic rings. The summed E-state index contributed by atoms with van der Waals surface area (Å²) >= 11 is 1.52. The molecule has 0 saturated heterocycles. The predicted octanol–water partition coefficient (Wildman–Crippen LogP) is 2.12. The first-order valence-electron chi connectivity index (χ1n) is 4.42. The molecule has 3 heteroatoms. The molecule has 0 spiro atoms. The molecule has 0 aliphatic carbocycles. The summed E-state index contributed by atoms with van der Waals surface area (Å²) in [4.78, 5) is 1.93. The van der Waals surface area contributed by atoms with E-state index in [2.05, 4.69) is 24.2 Å². The number of rotatable bonds is 4. The first-order valence-corrected chi connectivity index (χ1v) is 5.23. The van der Waals surface area contributed by atoms with Gasteiger partial charge < -0.3 is 5.32 Å². The molecule has 0 aromatic carbocycles. The van der Waals surface area contributed by atoms with Gasteiger partial charge in [-0.05, 0) is 19.1 Å². The molecule has 1 N–H and O–H groups in total. The Morgan fingerprint density at radius 1 is 1.64 bits per heavy atom. The van der Waals surface area contributed by atoms with E-state index in [4.69, 9.17) is 11.7 Å². The highest BCUT2D eigenvalue weighted by molar-refractivity contribution is 7.12. The van der Waals surface area contributed by atoms with Gasteiger partial charge in [0.1, 0.15) is 10.9 Å². The number of nitriles is 1. The number of nitrogens with zero attached hydrogens (tertiary/aromatic N) is 1. The maximum Gasteiger partial charge on any atom is 0.110 e. The van der Waals surface area contributed by atoms with Crippen molar-refractivity contribution < 1.29 is 0 Å². The van der Waals surface area contributed by atoms with Crippen molar-refractivity contribution in [3.63, 3.8) is 0 Å². The number of hydrogen-bond donors (Lipinski definition) is 1. The maximum absolute atomic E-state index is 8.63. The number of terminal acetylenes is 1. The number of hydrogen-bond acceptors (Lipinski definition) is 3. The third-order valence-electron chi connectivity index (χ3n) is 1.82. The van der Waals surface area contributed by atoms with E-state index < -0.39 is 0 Å². The molecule has 0 aliphatic heterocycles. The van der Waals surface area contributed by atoms with Gasteiger partial charge in [0.25, 0.3) is 0 Å². The quantitative estimate of drug-likeness (QED) is 0.763. The second kappa shape index (κ2) is 5.44. The molecule has 1 unspecified atom stereocenters. The van der Waals surface area contributed by atoms with Gasteiger partial charge in [0.2, 0.25) is 0 Å². The van der Waals surface area contributed by atoms with E-state index in [9.17, 15) is 0 Å². The SMILES string of the molecule is C#CCC(C)NCc1ccc(C#N)s1. The fourth-order valence-corrected chi connectivity index (χ4v) is 1.81. The Hall–Kier alpha value is -1.29. The summed E-state index contributed by atoms with van der Waals surface area (Å²) in [7, 11) is 0. The monoisotopic (exact) mass is 204 g/mol. The van der Waals surface area contributed by atoms with Crippen molar-refractivity contribution in [2.24, 2.45) is 0 Å².